The summed E-state index contributed by atoms with van der Waals surface area (Å²) in [6.45, 7) is 3.06. The van der Waals surface area contributed by atoms with Gasteiger partial charge in [0.05, 0.1) is 19.1 Å². The third kappa shape index (κ3) is 7.83. The van der Waals surface area contributed by atoms with Crippen LogP contribution in [-0.2, 0) is 26.2 Å². The number of anilines is 1. The summed E-state index contributed by atoms with van der Waals surface area (Å²) in [5, 5.41) is 3.01. The molecule has 35 heavy (non-hydrogen) atoms. The highest BCUT2D eigenvalue weighted by molar-refractivity contribution is 7.92. The molecule has 2 aromatic rings. The molecule has 0 saturated carbocycles. The molecule has 0 saturated heterocycles. The number of hydrogen-bond donors (Lipinski definition) is 1. The number of nitrogens with zero attached hydrogens (tertiary/aromatic N) is 2. The molecule has 0 fully saturated rings. The van der Waals surface area contributed by atoms with E-state index in [9.17, 15) is 22.4 Å². The molecular weight excluding hydrogens is 497 g/mol. The molecule has 0 heterocycles. The Bertz CT molecular complexity index is 1150. The highest BCUT2D eigenvalue weighted by Crippen LogP contribution is 2.33. The van der Waals surface area contributed by atoms with E-state index in [0.717, 1.165) is 28.3 Å². The monoisotopic (exact) mass is 527 g/mol. The molecular formula is C24H31ClFN3O5S. The number of carbonyl (C=O) groups is 2. The third-order valence-corrected chi connectivity index (χ3v) is 6.75. The average molecular weight is 528 g/mol. The summed E-state index contributed by atoms with van der Waals surface area (Å²) in [4.78, 5) is 27.4. The second kappa shape index (κ2) is 12.7. The van der Waals surface area contributed by atoms with Gasteiger partial charge in [0.2, 0.25) is 21.8 Å². The maximum Gasteiger partial charge on any atom is 0.244 e. The Morgan fingerprint density at radius 1 is 1.20 bits per heavy atom. The van der Waals surface area contributed by atoms with Crippen LogP contribution in [0.3, 0.4) is 0 Å². The number of halogens is 2. The highest BCUT2D eigenvalue weighted by atomic mass is 35.5. The fourth-order valence-corrected chi connectivity index (χ4v) is 4.39. The Morgan fingerprint density at radius 3 is 2.49 bits per heavy atom. The fraction of sp³-hybridized carbons (Fsp3) is 0.417. The van der Waals surface area contributed by atoms with Gasteiger partial charge >= 0.3 is 0 Å². The molecule has 0 aromatic heterocycles. The number of ether oxygens (including phenoxy) is 1. The first kappa shape index (κ1) is 28.4. The summed E-state index contributed by atoms with van der Waals surface area (Å²) in [6.07, 6.45) is 2.58. The van der Waals surface area contributed by atoms with E-state index in [2.05, 4.69) is 5.32 Å². The molecule has 0 bridgehead atoms. The smallest absolute Gasteiger partial charge is 0.244 e. The van der Waals surface area contributed by atoms with E-state index in [0.29, 0.717) is 6.54 Å². The Balaban J connectivity index is 2.43. The van der Waals surface area contributed by atoms with Crippen molar-refractivity contribution in [1.29, 1.82) is 0 Å². The number of rotatable bonds is 12. The first-order valence-corrected chi connectivity index (χ1v) is 13.3. The molecule has 0 aliphatic carbocycles. The topological polar surface area (TPSA) is 96.0 Å². The van der Waals surface area contributed by atoms with Crippen molar-refractivity contribution < 1.29 is 27.1 Å². The lowest BCUT2D eigenvalue weighted by Gasteiger charge is -2.32. The van der Waals surface area contributed by atoms with Gasteiger partial charge in [0.15, 0.2) is 0 Å². The number of hydrogen-bond acceptors (Lipinski definition) is 5. The lowest BCUT2D eigenvalue weighted by molar-refractivity contribution is -0.139. The van der Waals surface area contributed by atoms with Gasteiger partial charge in [0.1, 0.15) is 24.2 Å². The molecule has 0 radical (unpaired) electrons. The van der Waals surface area contributed by atoms with E-state index in [4.69, 9.17) is 16.3 Å². The summed E-state index contributed by atoms with van der Waals surface area (Å²) >= 11 is 6.08. The maximum absolute atomic E-state index is 14.4. The van der Waals surface area contributed by atoms with Crippen molar-refractivity contribution in [2.24, 2.45) is 0 Å². The lowest BCUT2D eigenvalue weighted by atomic mass is 10.1. The van der Waals surface area contributed by atoms with Gasteiger partial charge in [0.25, 0.3) is 0 Å². The minimum atomic E-state index is -3.97. The van der Waals surface area contributed by atoms with Crippen LogP contribution in [0.15, 0.2) is 42.5 Å². The Labute approximate surface area is 211 Å². The molecule has 2 amide bonds. The number of amides is 2. The standard InChI is InChI=1S/C24H31ClFN3O5S/c1-5-6-13-27-24(31)17(2)28(15-18-9-7-8-10-20(18)26)23(30)16-29(35(4,32)33)21-14-19(25)11-12-22(21)34-3/h7-12,14,17H,5-6,13,15-16H2,1-4H3,(H,27,31)/t17-/m1/s1. The molecule has 0 aliphatic heterocycles. The van der Waals surface area contributed by atoms with Gasteiger partial charge in [0, 0.05) is 23.7 Å². The van der Waals surface area contributed by atoms with Crippen LogP contribution in [0, 0.1) is 5.82 Å². The summed E-state index contributed by atoms with van der Waals surface area (Å²) < 4.78 is 45.9. The summed E-state index contributed by atoms with van der Waals surface area (Å²) in [7, 11) is -2.60. The Morgan fingerprint density at radius 2 is 1.89 bits per heavy atom. The molecule has 2 rings (SSSR count). The number of unbranched alkanes of at least 4 members (excludes halogenated alkanes) is 1. The zero-order valence-electron chi connectivity index (χ0n) is 20.3. The summed E-state index contributed by atoms with van der Waals surface area (Å²) in [5.41, 5.74) is 0.266. The summed E-state index contributed by atoms with van der Waals surface area (Å²) in [5.74, 6) is -1.47. The Kier molecular flexibility index (Phi) is 10.3. The van der Waals surface area contributed by atoms with Crippen LogP contribution in [0.2, 0.25) is 5.02 Å². The average Bonchev–Trinajstić information content (AvgIpc) is 2.80. The molecule has 192 valence electrons. The van der Waals surface area contributed by atoms with Crippen molar-refractivity contribution in [2.75, 3.05) is 30.8 Å². The van der Waals surface area contributed by atoms with Gasteiger partial charge in [-0.2, -0.15) is 0 Å². The molecule has 2 aromatic carbocycles. The highest BCUT2D eigenvalue weighted by Gasteiger charge is 2.31. The van der Waals surface area contributed by atoms with Crippen LogP contribution in [-0.4, -0.2) is 57.6 Å². The van der Waals surface area contributed by atoms with E-state index in [1.807, 2.05) is 6.92 Å². The molecule has 0 unspecified atom stereocenters. The van der Waals surface area contributed by atoms with Crippen molar-refractivity contribution in [3.05, 3.63) is 58.9 Å². The van der Waals surface area contributed by atoms with Crippen LogP contribution in [0.5, 0.6) is 5.75 Å². The number of methoxy groups -OCH3 is 1. The van der Waals surface area contributed by atoms with Gasteiger partial charge < -0.3 is 15.0 Å². The predicted octanol–water partition coefficient (Wildman–Crippen LogP) is 3.59. The largest absolute Gasteiger partial charge is 0.495 e. The lowest BCUT2D eigenvalue weighted by Crippen LogP contribution is -2.51. The SMILES string of the molecule is CCCCNC(=O)[C@@H](C)N(Cc1ccccc1F)C(=O)CN(c1cc(Cl)ccc1OC)S(C)(=O)=O. The maximum atomic E-state index is 14.4. The zero-order chi connectivity index (χ0) is 26.2. The van der Waals surface area contributed by atoms with Gasteiger partial charge in [-0.3, -0.25) is 13.9 Å². The van der Waals surface area contributed by atoms with E-state index in [1.54, 1.807) is 6.07 Å². The molecule has 0 aliphatic rings. The molecule has 8 nitrogen and oxygen atoms in total. The van der Waals surface area contributed by atoms with Crippen LogP contribution < -0.4 is 14.4 Å². The first-order chi connectivity index (χ1) is 16.5. The van der Waals surface area contributed by atoms with Crippen LogP contribution in [0.4, 0.5) is 10.1 Å². The molecule has 0 spiro atoms. The van der Waals surface area contributed by atoms with Crippen molar-refractivity contribution in [2.45, 2.75) is 39.3 Å². The van der Waals surface area contributed by atoms with Crippen molar-refractivity contribution in [3.8, 4) is 5.75 Å². The number of nitrogens with one attached hydrogen (secondary N) is 1. The molecule has 1 N–H and O–H groups in total. The minimum Gasteiger partial charge on any atom is -0.495 e. The molecule has 11 heteroatoms. The van der Waals surface area contributed by atoms with E-state index in [1.165, 1.54) is 50.4 Å². The van der Waals surface area contributed by atoms with Crippen LogP contribution in [0.1, 0.15) is 32.3 Å². The summed E-state index contributed by atoms with van der Waals surface area (Å²) in [6, 6.07) is 9.30. The van der Waals surface area contributed by atoms with Crippen LogP contribution in [0.25, 0.3) is 0 Å². The van der Waals surface area contributed by atoms with Crippen molar-refractivity contribution in [3.63, 3.8) is 0 Å². The second-order valence-corrected chi connectivity index (χ2v) is 10.4. The van der Waals surface area contributed by atoms with Crippen LogP contribution >= 0.6 is 11.6 Å². The van der Waals surface area contributed by atoms with E-state index < -0.39 is 40.2 Å². The van der Waals surface area contributed by atoms with Crippen molar-refractivity contribution >= 4 is 39.1 Å². The van der Waals surface area contributed by atoms with E-state index >= 15 is 0 Å². The fourth-order valence-electron chi connectivity index (χ4n) is 3.38. The van der Waals surface area contributed by atoms with Gasteiger partial charge in [-0.15, -0.1) is 0 Å². The minimum absolute atomic E-state index is 0.0711. The van der Waals surface area contributed by atoms with E-state index in [-0.39, 0.29) is 28.6 Å². The number of benzene rings is 2. The first-order valence-electron chi connectivity index (χ1n) is 11.1. The third-order valence-electron chi connectivity index (χ3n) is 5.38. The quantitative estimate of drug-likeness (QED) is 0.426. The van der Waals surface area contributed by atoms with Gasteiger partial charge in [-0.1, -0.05) is 43.1 Å². The molecule has 1 atom stereocenters. The van der Waals surface area contributed by atoms with Gasteiger partial charge in [-0.05, 0) is 37.6 Å². The van der Waals surface area contributed by atoms with Crippen molar-refractivity contribution in [1.82, 2.24) is 10.2 Å². The van der Waals surface area contributed by atoms with Gasteiger partial charge in [-0.25, -0.2) is 12.8 Å². The second-order valence-electron chi connectivity index (χ2n) is 8.02. The number of carbonyl (C=O) groups excluding carboxylic acids is 2. The predicted molar refractivity (Wildman–Crippen MR) is 135 cm³/mol. The number of sulfonamides is 1. The zero-order valence-corrected chi connectivity index (χ0v) is 21.8. The normalized spacial score (nSPS) is 12.1. The Hall–Kier alpha value is -2.85.